The number of nitrogens with zero attached hydrogens (tertiary/aromatic N) is 3. The zero-order chi connectivity index (χ0) is 13.1. The number of hydrogen-bond acceptors (Lipinski definition) is 5. The third-order valence-electron chi connectivity index (χ3n) is 2.58. The molecule has 0 fully saturated rings. The first-order valence-corrected chi connectivity index (χ1v) is 6.54. The Labute approximate surface area is 110 Å². The molecule has 6 heteroatoms. The van der Waals surface area contributed by atoms with Crippen molar-refractivity contribution in [3.8, 4) is 0 Å². The van der Waals surface area contributed by atoms with Gasteiger partial charge in [0.1, 0.15) is 17.0 Å². The lowest BCUT2D eigenvalue weighted by Gasteiger charge is -2.10. The molecular weight excluding hydrogens is 248 g/mol. The summed E-state index contributed by atoms with van der Waals surface area (Å²) in [5.41, 5.74) is 0. The van der Waals surface area contributed by atoms with Gasteiger partial charge in [0.15, 0.2) is 0 Å². The number of aryl methyl sites for hydroxylation is 1. The van der Waals surface area contributed by atoms with Gasteiger partial charge in [-0.15, -0.1) is 11.3 Å². The molecule has 0 bridgehead atoms. The molecule has 0 atom stereocenters. The van der Waals surface area contributed by atoms with Crippen LogP contribution in [0.3, 0.4) is 0 Å². The molecule has 2 aromatic rings. The second-order valence-corrected chi connectivity index (χ2v) is 5.50. The summed E-state index contributed by atoms with van der Waals surface area (Å²) in [6.45, 7) is 2.63. The maximum atomic E-state index is 11.5. The summed E-state index contributed by atoms with van der Waals surface area (Å²) in [5.74, 6) is 0.908. The first-order chi connectivity index (χ1) is 8.58. The summed E-state index contributed by atoms with van der Waals surface area (Å²) >= 11 is 1.64. The molecule has 1 N–H and O–H groups in total. The van der Waals surface area contributed by atoms with E-state index in [2.05, 4.69) is 21.4 Å². The molecule has 96 valence electrons. The van der Waals surface area contributed by atoms with E-state index in [1.165, 1.54) is 4.88 Å². The van der Waals surface area contributed by atoms with Gasteiger partial charge in [-0.05, 0) is 13.0 Å². The second-order valence-electron chi connectivity index (χ2n) is 4.26. The van der Waals surface area contributed by atoms with Crippen molar-refractivity contribution in [3.05, 3.63) is 17.3 Å². The van der Waals surface area contributed by atoms with Crippen LogP contribution in [-0.4, -0.2) is 41.4 Å². The van der Waals surface area contributed by atoms with Gasteiger partial charge in [-0.1, -0.05) is 0 Å². The monoisotopic (exact) mass is 264 g/mol. The maximum Gasteiger partial charge on any atom is 0.223 e. The molecule has 18 heavy (non-hydrogen) atoms. The average molecular weight is 264 g/mol. The zero-order valence-electron chi connectivity index (χ0n) is 10.7. The van der Waals surface area contributed by atoms with E-state index < -0.39 is 0 Å². The number of fused-ring (bicyclic) bond motifs is 1. The van der Waals surface area contributed by atoms with Crippen LogP contribution in [0.25, 0.3) is 10.2 Å². The van der Waals surface area contributed by atoms with Crippen LogP contribution in [0.4, 0.5) is 5.82 Å². The standard InChI is InChI=1S/C12H16N4OS/c1-8-6-9-11(14-7-15-12(9)18-8)13-5-4-10(17)16(2)3/h6-7H,4-5H2,1-3H3,(H,13,14,15). The lowest BCUT2D eigenvalue weighted by atomic mass is 10.3. The van der Waals surface area contributed by atoms with Gasteiger partial charge < -0.3 is 10.2 Å². The molecule has 2 aromatic heterocycles. The van der Waals surface area contributed by atoms with E-state index in [-0.39, 0.29) is 5.91 Å². The molecule has 0 spiro atoms. The van der Waals surface area contributed by atoms with Crippen LogP contribution >= 0.6 is 11.3 Å². The third-order valence-corrected chi connectivity index (χ3v) is 3.54. The Balaban J connectivity index is 2.05. The number of nitrogens with one attached hydrogen (secondary N) is 1. The summed E-state index contributed by atoms with van der Waals surface area (Å²) in [7, 11) is 3.51. The fraction of sp³-hybridized carbons (Fsp3) is 0.417. The highest BCUT2D eigenvalue weighted by Gasteiger charge is 2.08. The van der Waals surface area contributed by atoms with Gasteiger partial charge in [-0.2, -0.15) is 0 Å². The van der Waals surface area contributed by atoms with Gasteiger partial charge in [0.25, 0.3) is 0 Å². The van der Waals surface area contributed by atoms with E-state index in [0.29, 0.717) is 13.0 Å². The van der Waals surface area contributed by atoms with Crippen molar-refractivity contribution < 1.29 is 4.79 Å². The Hall–Kier alpha value is -1.69. The quantitative estimate of drug-likeness (QED) is 0.916. The van der Waals surface area contributed by atoms with Crippen LogP contribution in [0.5, 0.6) is 0 Å². The average Bonchev–Trinajstić information content (AvgIpc) is 2.70. The Bertz CT molecular complexity index is 564. The van der Waals surface area contributed by atoms with Crippen molar-refractivity contribution in [2.24, 2.45) is 0 Å². The van der Waals surface area contributed by atoms with Gasteiger partial charge >= 0.3 is 0 Å². The topological polar surface area (TPSA) is 58.1 Å². The minimum atomic E-state index is 0.106. The fourth-order valence-corrected chi connectivity index (χ4v) is 2.48. The lowest BCUT2D eigenvalue weighted by Crippen LogP contribution is -2.24. The number of hydrogen-bond donors (Lipinski definition) is 1. The fourth-order valence-electron chi connectivity index (χ4n) is 1.63. The van der Waals surface area contributed by atoms with Crippen molar-refractivity contribution in [1.29, 1.82) is 0 Å². The van der Waals surface area contributed by atoms with E-state index in [4.69, 9.17) is 0 Å². The van der Waals surface area contributed by atoms with E-state index >= 15 is 0 Å². The van der Waals surface area contributed by atoms with Gasteiger partial charge in [0, 0.05) is 31.9 Å². The van der Waals surface area contributed by atoms with Gasteiger partial charge in [-0.25, -0.2) is 9.97 Å². The molecule has 0 unspecified atom stereocenters. The van der Waals surface area contributed by atoms with E-state index in [1.807, 2.05) is 6.92 Å². The molecule has 0 aliphatic carbocycles. The number of thiophene rings is 1. The third kappa shape index (κ3) is 2.76. The number of rotatable bonds is 4. The first-order valence-electron chi connectivity index (χ1n) is 5.73. The van der Waals surface area contributed by atoms with Crippen molar-refractivity contribution in [1.82, 2.24) is 14.9 Å². The number of carbonyl (C=O) groups excluding carboxylic acids is 1. The predicted molar refractivity (Wildman–Crippen MR) is 74.0 cm³/mol. The van der Waals surface area contributed by atoms with Gasteiger partial charge in [-0.3, -0.25) is 4.79 Å². The molecular formula is C12H16N4OS. The number of carbonyl (C=O) groups is 1. The predicted octanol–water partition coefficient (Wildman–Crippen LogP) is 1.89. The second kappa shape index (κ2) is 5.30. The van der Waals surface area contributed by atoms with Crippen molar-refractivity contribution in [2.45, 2.75) is 13.3 Å². The number of anilines is 1. The molecule has 0 radical (unpaired) electrons. The SMILES string of the molecule is Cc1cc2c(NCCC(=O)N(C)C)ncnc2s1. The van der Waals surface area contributed by atoms with Crippen LogP contribution in [0, 0.1) is 6.92 Å². The normalized spacial score (nSPS) is 10.6. The molecule has 0 saturated heterocycles. The summed E-state index contributed by atoms with van der Waals surface area (Å²) in [6.07, 6.45) is 2.01. The molecule has 0 aromatic carbocycles. The molecule has 0 saturated carbocycles. The summed E-state index contributed by atoms with van der Waals surface area (Å²) in [6, 6.07) is 2.07. The molecule has 0 aliphatic heterocycles. The molecule has 2 heterocycles. The van der Waals surface area contributed by atoms with Crippen molar-refractivity contribution >= 4 is 33.3 Å². The summed E-state index contributed by atoms with van der Waals surface area (Å²) < 4.78 is 0. The Morgan fingerprint density at radius 3 is 2.94 bits per heavy atom. The van der Waals surface area contributed by atoms with Gasteiger partial charge in [0.05, 0.1) is 5.39 Å². The molecule has 2 rings (SSSR count). The molecule has 0 aliphatic rings. The van der Waals surface area contributed by atoms with Crippen LogP contribution in [0.2, 0.25) is 0 Å². The smallest absolute Gasteiger partial charge is 0.223 e. The number of amides is 1. The Morgan fingerprint density at radius 2 is 2.22 bits per heavy atom. The number of aromatic nitrogens is 2. The van der Waals surface area contributed by atoms with Crippen LogP contribution in [-0.2, 0) is 4.79 Å². The Kier molecular flexibility index (Phi) is 3.76. The lowest BCUT2D eigenvalue weighted by molar-refractivity contribution is -0.128. The highest BCUT2D eigenvalue weighted by atomic mass is 32.1. The first kappa shape index (κ1) is 12.8. The van der Waals surface area contributed by atoms with Gasteiger partial charge in [0.2, 0.25) is 5.91 Å². The van der Waals surface area contributed by atoms with Crippen molar-refractivity contribution in [3.63, 3.8) is 0 Å². The zero-order valence-corrected chi connectivity index (χ0v) is 11.5. The van der Waals surface area contributed by atoms with Crippen LogP contribution in [0.15, 0.2) is 12.4 Å². The molecule has 5 nitrogen and oxygen atoms in total. The highest BCUT2D eigenvalue weighted by Crippen LogP contribution is 2.27. The van der Waals surface area contributed by atoms with E-state index in [0.717, 1.165) is 16.0 Å². The largest absolute Gasteiger partial charge is 0.369 e. The summed E-state index contributed by atoms with van der Waals surface area (Å²) in [5, 5.41) is 4.22. The van der Waals surface area contributed by atoms with Crippen molar-refractivity contribution in [2.75, 3.05) is 26.0 Å². The van der Waals surface area contributed by atoms with E-state index in [1.54, 1.807) is 36.7 Å². The highest BCUT2D eigenvalue weighted by molar-refractivity contribution is 7.18. The Morgan fingerprint density at radius 1 is 1.44 bits per heavy atom. The van der Waals surface area contributed by atoms with Crippen LogP contribution in [0.1, 0.15) is 11.3 Å². The van der Waals surface area contributed by atoms with Crippen LogP contribution < -0.4 is 5.32 Å². The maximum absolute atomic E-state index is 11.5. The minimum Gasteiger partial charge on any atom is -0.369 e. The summed E-state index contributed by atoms with van der Waals surface area (Å²) in [4.78, 5) is 23.7. The minimum absolute atomic E-state index is 0.106. The molecule has 1 amide bonds. The van der Waals surface area contributed by atoms with E-state index in [9.17, 15) is 4.79 Å².